The second kappa shape index (κ2) is 7.10. The van der Waals surface area contributed by atoms with Crippen molar-refractivity contribution in [2.75, 3.05) is 11.0 Å². The molecule has 0 bridgehead atoms. The molecule has 0 heterocycles. The van der Waals surface area contributed by atoms with Gasteiger partial charge in [0.15, 0.2) is 6.29 Å². The highest BCUT2D eigenvalue weighted by atomic mass is 127. The number of ether oxygens (including phenoxy) is 2. The summed E-state index contributed by atoms with van der Waals surface area (Å²) in [6.45, 7) is 11.8. The molecule has 17 heavy (non-hydrogen) atoms. The largest absolute Gasteiger partial charge is 0.352 e. The molecule has 1 aliphatic rings. The van der Waals surface area contributed by atoms with Crippen LogP contribution in [0.4, 0.5) is 0 Å². The molecule has 0 radical (unpaired) electrons. The first kappa shape index (κ1) is 15.4. The van der Waals surface area contributed by atoms with Crippen LogP contribution in [0.25, 0.3) is 0 Å². The zero-order valence-electron chi connectivity index (χ0n) is 11.6. The summed E-state index contributed by atoms with van der Waals surface area (Å²) in [6, 6.07) is 0. The molecule has 0 N–H and O–H groups in total. The van der Waals surface area contributed by atoms with Crippen LogP contribution in [-0.2, 0) is 9.47 Å². The van der Waals surface area contributed by atoms with Gasteiger partial charge in [0.05, 0.1) is 17.1 Å². The molecule has 2 nitrogen and oxygen atoms in total. The minimum absolute atomic E-state index is 0.0592. The smallest absolute Gasteiger partial charge is 0.167 e. The quantitative estimate of drug-likeness (QED) is 0.309. The van der Waals surface area contributed by atoms with E-state index in [0.717, 1.165) is 17.5 Å². The Morgan fingerprint density at radius 2 is 1.94 bits per heavy atom. The van der Waals surface area contributed by atoms with Crippen LogP contribution in [0.5, 0.6) is 0 Å². The molecule has 0 spiro atoms. The molecular formula is C14H25IO2. The van der Waals surface area contributed by atoms with E-state index >= 15 is 0 Å². The van der Waals surface area contributed by atoms with Gasteiger partial charge in [0.25, 0.3) is 0 Å². The van der Waals surface area contributed by atoms with Gasteiger partial charge in [0.2, 0.25) is 0 Å². The Morgan fingerprint density at radius 3 is 2.35 bits per heavy atom. The van der Waals surface area contributed by atoms with Gasteiger partial charge in [-0.25, -0.2) is 0 Å². The number of halogens is 1. The van der Waals surface area contributed by atoms with E-state index in [4.69, 9.17) is 9.47 Å². The van der Waals surface area contributed by atoms with Crippen molar-refractivity contribution in [3.05, 3.63) is 11.1 Å². The third kappa shape index (κ3) is 4.52. The molecule has 3 heteroatoms. The molecule has 0 fully saturated rings. The maximum atomic E-state index is 6.08. The zero-order chi connectivity index (χ0) is 13.0. The fraction of sp³-hybridized carbons (Fsp3) is 0.857. The first-order valence-corrected chi connectivity index (χ1v) is 7.98. The van der Waals surface area contributed by atoms with Gasteiger partial charge in [-0.2, -0.15) is 0 Å². The summed E-state index contributed by atoms with van der Waals surface area (Å²) in [5, 5.41) is 0. The van der Waals surface area contributed by atoms with Crippen molar-refractivity contribution >= 4 is 22.6 Å². The summed E-state index contributed by atoms with van der Waals surface area (Å²) in [6.07, 6.45) is 1.31. The van der Waals surface area contributed by atoms with Gasteiger partial charge >= 0.3 is 0 Å². The second-order valence-electron chi connectivity index (χ2n) is 5.44. The van der Waals surface area contributed by atoms with Crippen molar-refractivity contribution < 1.29 is 9.47 Å². The van der Waals surface area contributed by atoms with E-state index in [-0.39, 0.29) is 12.4 Å². The van der Waals surface area contributed by atoms with Gasteiger partial charge in [-0.3, -0.25) is 0 Å². The minimum Gasteiger partial charge on any atom is -0.352 e. The van der Waals surface area contributed by atoms with Crippen molar-refractivity contribution in [3.63, 3.8) is 0 Å². The summed E-state index contributed by atoms with van der Waals surface area (Å²) < 4.78 is 12.7. The summed E-state index contributed by atoms with van der Waals surface area (Å²) in [7, 11) is 0. The predicted octanol–water partition coefficient (Wildman–Crippen LogP) is 4.18. The maximum Gasteiger partial charge on any atom is 0.167 e. The third-order valence-electron chi connectivity index (χ3n) is 3.47. The van der Waals surface area contributed by atoms with Gasteiger partial charge in [-0.05, 0) is 37.7 Å². The van der Waals surface area contributed by atoms with E-state index < -0.39 is 0 Å². The molecule has 0 saturated heterocycles. The van der Waals surface area contributed by atoms with Gasteiger partial charge < -0.3 is 9.47 Å². The van der Waals surface area contributed by atoms with Crippen molar-refractivity contribution in [1.82, 2.24) is 0 Å². The van der Waals surface area contributed by atoms with Gasteiger partial charge in [0, 0.05) is 0 Å². The Labute approximate surface area is 119 Å². The predicted molar refractivity (Wildman–Crippen MR) is 80.5 cm³/mol. The number of rotatable bonds is 6. The van der Waals surface area contributed by atoms with Crippen LogP contribution in [0.15, 0.2) is 11.1 Å². The Hall–Kier alpha value is 0.390. The SMILES string of the molecule is CC1=C(C)C(OC(CI)OCC(C)C)CC1C. The standard InChI is InChI=1S/C14H25IO2/c1-9(2)8-16-14(7-15)17-13-6-10(3)11(4)12(13)5/h9-10,13-14H,6-8H2,1-5H3. The molecule has 1 rings (SSSR count). The number of alkyl halides is 1. The van der Waals surface area contributed by atoms with Crippen molar-refractivity contribution in [3.8, 4) is 0 Å². The van der Waals surface area contributed by atoms with E-state index in [2.05, 4.69) is 57.2 Å². The first-order valence-electron chi connectivity index (χ1n) is 6.46. The lowest BCUT2D eigenvalue weighted by molar-refractivity contribution is -0.152. The van der Waals surface area contributed by atoms with Crippen LogP contribution in [-0.4, -0.2) is 23.4 Å². The van der Waals surface area contributed by atoms with Crippen LogP contribution >= 0.6 is 22.6 Å². The molecule has 0 aromatic carbocycles. The highest BCUT2D eigenvalue weighted by Crippen LogP contribution is 2.34. The lowest BCUT2D eigenvalue weighted by Gasteiger charge is -2.23. The van der Waals surface area contributed by atoms with Crippen LogP contribution in [0.2, 0.25) is 0 Å². The topological polar surface area (TPSA) is 18.5 Å². The van der Waals surface area contributed by atoms with E-state index in [0.29, 0.717) is 11.8 Å². The molecule has 3 atom stereocenters. The third-order valence-corrected chi connectivity index (χ3v) is 4.19. The monoisotopic (exact) mass is 352 g/mol. The minimum atomic E-state index is -0.0592. The molecule has 100 valence electrons. The molecule has 0 amide bonds. The lowest BCUT2D eigenvalue weighted by atomic mass is 10.1. The zero-order valence-corrected chi connectivity index (χ0v) is 13.8. The average Bonchev–Trinajstić information content (AvgIpc) is 2.52. The Kier molecular flexibility index (Phi) is 6.45. The fourth-order valence-corrected chi connectivity index (χ4v) is 2.54. The lowest BCUT2D eigenvalue weighted by Crippen LogP contribution is -2.27. The normalized spacial score (nSPS) is 27.0. The summed E-state index contributed by atoms with van der Waals surface area (Å²) >= 11 is 2.33. The summed E-state index contributed by atoms with van der Waals surface area (Å²) in [5.74, 6) is 1.21. The van der Waals surface area contributed by atoms with Crippen LogP contribution in [0, 0.1) is 11.8 Å². The maximum absolute atomic E-state index is 6.08. The number of hydrogen-bond donors (Lipinski definition) is 0. The molecule has 1 aliphatic carbocycles. The van der Waals surface area contributed by atoms with E-state index in [9.17, 15) is 0 Å². The van der Waals surface area contributed by atoms with Crippen molar-refractivity contribution in [1.29, 1.82) is 0 Å². The Morgan fingerprint density at radius 1 is 1.29 bits per heavy atom. The highest BCUT2D eigenvalue weighted by molar-refractivity contribution is 14.1. The van der Waals surface area contributed by atoms with Gasteiger partial charge in [0.1, 0.15) is 0 Å². The molecule has 0 aliphatic heterocycles. The Balaban J connectivity index is 2.47. The van der Waals surface area contributed by atoms with E-state index in [1.807, 2.05) is 0 Å². The molecular weight excluding hydrogens is 327 g/mol. The molecule has 3 unspecified atom stereocenters. The number of hydrogen-bond acceptors (Lipinski definition) is 2. The molecule has 0 aromatic heterocycles. The summed E-state index contributed by atoms with van der Waals surface area (Å²) in [4.78, 5) is 0. The van der Waals surface area contributed by atoms with E-state index in [1.165, 1.54) is 11.1 Å². The second-order valence-corrected chi connectivity index (χ2v) is 6.32. The molecule has 0 aromatic rings. The van der Waals surface area contributed by atoms with Crippen molar-refractivity contribution in [2.45, 2.75) is 53.4 Å². The summed E-state index contributed by atoms with van der Waals surface area (Å²) in [5.41, 5.74) is 2.89. The Bertz CT molecular complexity index is 273. The van der Waals surface area contributed by atoms with Crippen LogP contribution < -0.4 is 0 Å². The van der Waals surface area contributed by atoms with Crippen molar-refractivity contribution in [2.24, 2.45) is 11.8 Å². The van der Waals surface area contributed by atoms with Crippen LogP contribution in [0.3, 0.4) is 0 Å². The van der Waals surface area contributed by atoms with Gasteiger partial charge in [-0.15, -0.1) is 0 Å². The molecule has 0 saturated carbocycles. The first-order chi connectivity index (χ1) is 7.95. The van der Waals surface area contributed by atoms with Gasteiger partial charge in [-0.1, -0.05) is 48.9 Å². The van der Waals surface area contributed by atoms with E-state index in [1.54, 1.807) is 0 Å². The fourth-order valence-electron chi connectivity index (χ4n) is 2.08. The van der Waals surface area contributed by atoms with Crippen LogP contribution in [0.1, 0.15) is 41.0 Å². The highest BCUT2D eigenvalue weighted by Gasteiger charge is 2.28. The number of allylic oxidation sites excluding steroid dienone is 1. The average molecular weight is 352 g/mol.